The molecule has 0 N–H and O–H groups in total. The molecule has 0 aliphatic heterocycles. The van der Waals surface area contributed by atoms with Gasteiger partial charge in [0.25, 0.3) is 0 Å². The van der Waals surface area contributed by atoms with Gasteiger partial charge in [-0.1, -0.05) is 93.4 Å². The summed E-state index contributed by atoms with van der Waals surface area (Å²) >= 11 is 0. The second-order valence-electron chi connectivity index (χ2n) is 8.20. The molecular weight excluding hydrogens is 400 g/mol. The van der Waals surface area contributed by atoms with Crippen LogP contribution in [0, 0.1) is 63.8 Å². The molecule has 1 aliphatic carbocycles. The van der Waals surface area contributed by atoms with E-state index in [1.54, 1.807) is 10.4 Å². The summed E-state index contributed by atoms with van der Waals surface area (Å²) in [6.45, 7) is 16.3. The predicted molar refractivity (Wildman–Crippen MR) is 134 cm³/mol. The normalized spacial score (nSPS) is 18.0. The van der Waals surface area contributed by atoms with Crippen LogP contribution in [-0.2, 0) is 21.7 Å². The van der Waals surface area contributed by atoms with Gasteiger partial charge < -0.3 is 22.3 Å². The Hall–Kier alpha value is -1.02. The van der Waals surface area contributed by atoms with Gasteiger partial charge in [0.1, 0.15) is 0 Å². The molecule has 0 fully saturated rings. The number of rotatable bonds is 3. The van der Waals surface area contributed by atoms with Crippen molar-refractivity contribution in [2.75, 3.05) is 0 Å². The maximum absolute atomic E-state index is 2.49. The third-order valence-corrected chi connectivity index (χ3v) is 10.9. The van der Waals surface area contributed by atoms with E-state index in [1.165, 1.54) is 33.4 Å². The van der Waals surface area contributed by atoms with Crippen molar-refractivity contribution in [3.8, 4) is 0 Å². The Kier molecular flexibility index (Phi) is 11.9. The van der Waals surface area contributed by atoms with Crippen molar-refractivity contribution in [2.45, 2.75) is 59.9 Å². The largest absolute Gasteiger partial charge is 4.00 e. The molecule has 2 atom stereocenters. The van der Waals surface area contributed by atoms with E-state index in [9.17, 15) is 0 Å². The number of aryl methyl sites for hydroxylation is 2. The van der Waals surface area contributed by atoms with Crippen molar-refractivity contribution in [1.29, 1.82) is 0 Å². The monoisotopic (exact) mass is 440 g/mol. The fourth-order valence-corrected chi connectivity index (χ4v) is 9.11. The SMILES string of the molecule is Cc1ccc([SiH]([c-]2c(C)c(C)c(C)c2C)C2(C)C=CC=CC2)c(C)c1.[CH3-].[CH3-].[CH3-].[Ti+4]. The van der Waals surface area contributed by atoms with Crippen molar-refractivity contribution < 1.29 is 21.7 Å². The molecule has 2 unspecified atom stereocenters. The van der Waals surface area contributed by atoms with Crippen LogP contribution in [-0.4, -0.2) is 8.80 Å². The molecule has 2 heteroatoms. The van der Waals surface area contributed by atoms with E-state index >= 15 is 0 Å². The van der Waals surface area contributed by atoms with Gasteiger partial charge in [-0.2, -0.15) is 27.4 Å². The van der Waals surface area contributed by atoms with Gasteiger partial charge in [0.15, 0.2) is 0 Å². The van der Waals surface area contributed by atoms with Crippen molar-refractivity contribution in [3.63, 3.8) is 0 Å². The third kappa shape index (κ3) is 5.37. The summed E-state index contributed by atoms with van der Waals surface area (Å²) in [5.41, 5.74) is 8.90. The quantitative estimate of drug-likeness (QED) is 0.393. The van der Waals surface area contributed by atoms with E-state index in [-0.39, 0.29) is 49.0 Å². The van der Waals surface area contributed by atoms with Crippen molar-refractivity contribution in [3.05, 3.63) is 98.2 Å². The van der Waals surface area contributed by atoms with E-state index in [0.717, 1.165) is 6.42 Å². The maximum atomic E-state index is 2.49. The molecule has 2 aromatic rings. The molecule has 0 saturated heterocycles. The van der Waals surface area contributed by atoms with Gasteiger partial charge in [0, 0.05) is 0 Å². The molecular formula is C27H40SiTi. The minimum Gasteiger partial charge on any atom is -0.358 e. The van der Waals surface area contributed by atoms with Crippen LogP contribution in [0.2, 0.25) is 5.04 Å². The minimum absolute atomic E-state index is 0. The summed E-state index contributed by atoms with van der Waals surface area (Å²) < 4.78 is 0. The first-order chi connectivity index (χ1) is 11.8. The molecule has 0 heterocycles. The molecule has 0 saturated carbocycles. The van der Waals surface area contributed by atoms with Gasteiger partial charge in [0.2, 0.25) is 0 Å². The zero-order chi connectivity index (χ0) is 18.4. The van der Waals surface area contributed by atoms with Gasteiger partial charge in [0.05, 0.1) is 8.80 Å². The van der Waals surface area contributed by atoms with Crippen LogP contribution in [0.3, 0.4) is 0 Å². The number of hydrogen-bond donors (Lipinski definition) is 0. The second-order valence-corrected chi connectivity index (χ2v) is 11.6. The average molecular weight is 441 g/mol. The summed E-state index contributed by atoms with van der Waals surface area (Å²) in [4.78, 5) is 0. The average Bonchev–Trinajstić information content (AvgIpc) is 2.75. The van der Waals surface area contributed by atoms with Gasteiger partial charge in [-0.25, -0.2) is 0 Å². The van der Waals surface area contributed by atoms with Crippen molar-refractivity contribution in [2.24, 2.45) is 0 Å². The Labute approximate surface area is 198 Å². The standard InChI is InChI=1S/C24H31Si.3CH3.Ti/c1-16-11-12-22(17(2)15-16)25(24(7)13-9-8-10-14-24)23-20(5)18(3)19(4)21(23)6;;;;/h8-13,15,25H,14H2,1-7H3;3*1H3;/q4*-1;+4. The van der Waals surface area contributed by atoms with Gasteiger partial charge >= 0.3 is 21.7 Å². The van der Waals surface area contributed by atoms with Crippen LogP contribution in [0.25, 0.3) is 0 Å². The van der Waals surface area contributed by atoms with Gasteiger partial charge in [-0.05, 0) is 25.3 Å². The summed E-state index contributed by atoms with van der Waals surface area (Å²) in [5, 5.41) is 3.55. The van der Waals surface area contributed by atoms with E-state index < -0.39 is 8.80 Å². The molecule has 0 aromatic heterocycles. The van der Waals surface area contributed by atoms with E-state index in [4.69, 9.17) is 0 Å². The summed E-state index contributed by atoms with van der Waals surface area (Å²) in [6, 6.07) is 7.10. The Balaban J connectivity index is 0. The number of benzene rings is 1. The molecule has 156 valence electrons. The summed E-state index contributed by atoms with van der Waals surface area (Å²) in [7, 11) is -1.43. The van der Waals surface area contributed by atoms with Crippen LogP contribution in [0.4, 0.5) is 0 Å². The molecule has 0 bridgehead atoms. The Bertz CT molecular complexity index is 844. The fraction of sp³-hybridized carbons (Fsp3) is 0.333. The van der Waals surface area contributed by atoms with Crippen LogP contribution >= 0.6 is 0 Å². The topological polar surface area (TPSA) is 0 Å². The summed E-state index contributed by atoms with van der Waals surface area (Å²) in [5.74, 6) is 0. The molecule has 0 amide bonds. The molecule has 1 aliphatic rings. The fourth-order valence-electron chi connectivity index (χ4n) is 4.63. The first-order valence-electron chi connectivity index (χ1n) is 9.40. The molecule has 0 nitrogen and oxygen atoms in total. The van der Waals surface area contributed by atoms with Crippen molar-refractivity contribution in [1.82, 2.24) is 0 Å². The van der Waals surface area contributed by atoms with E-state index in [2.05, 4.69) is 91.0 Å². The Morgan fingerprint density at radius 3 is 1.86 bits per heavy atom. The molecule has 29 heavy (non-hydrogen) atoms. The third-order valence-electron chi connectivity index (χ3n) is 6.46. The Morgan fingerprint density at radius 2 is 1.41 bits per heavy atom. The first-order valence-corrected chi connectivity index (χ1v) is 11.1. The van der Waals surface area contributed by atoms with Crippen molar-refractivity contribution >= 4 is 19.2 Å². The van der Waals surface area contributed by atoms with Gasteiger partial charge in [-0.3, -0.25) is 0 Å². The first kappa shape index (κ1) is 30.2. The van der Waals surface area contributed by atoms with Crippen LogP contribution < -0.4 is 10.4 Å². The number of allylic oxidation sites excluding steroid dienone is 4. The van der Waals surface area contributed by atoms with Crippen LogP contribution in [0.1, 0.15) is 46.7 Å². The van der Waals surface area contributed by atoms with Gasteiger partial charge in [-0.15, -0.1) is 0 Å². The zero-order valence-electron chi connectivity index (χ0n) is 20.3. The van der Waals surface area contributed by atoms with Crippen LogP contribution in [0.5, 0.6) is 0 Å². The maximum Gasteiger partial charge on any atom is 4.00 e. The molecule has 3 rings (SSSR count). The molecule has 2 aromatic carbocycles. The van der Waals surface area contributed by atoms with E-state index in [1.807, 2.05) is 0 Å². The molecule has 0 radical (unpaired) electrons. The molecule has 0 spiro atoms. The van der Waals surface area contributed by atoms with Crippen LogP contribution in [0.15, 0.2) is 42.5 Å². The number of hydrogen-bond acceptors (Lipinski definition) is 0. The summed E-state index contributed by atoms with van der Waals surface area (Å²) in [6.07, 6.45) is 10.5. The minimum atomic E-state index is -1.43. The zero-order valence-corrected chi connectivity index (χ0v) is 23.0. The second kappa shape index (κ2) is 11.4. The predicted octanol–water partition coefficient (Wildman–Crippen LogP) is 6.22. The van der Waals surface area contributed by atoms with E-state index in [0.29, 0.717) is 0 Å². The smallest absolute Gasteiger partial charge is 0.358 e. The Morgan fingerprint density at radius 1 is 0.862 bits per heavy atom.